The van der Waals surface area contributed by atoms with Crippen molar-refractivity contribution in [1.29, 1.82) is 0 Å². The molecule has 0 spiro atoms. The molecular weight excluding hydrogens is 297 g/mol. The van der Waals surface area contributed by atoms with Crippen LogP contribution in [0, 0.1) is 5.82 Å². The van der Waals surface area contributed by atoms with Crippen molar-refractivity contribution in [1.82, 2.24) is 0 Å². The van der Waals surface area contributed by atoms with Crippen molar-refractivity contribution in [3.05, 3.63) is 71.0 Å². The van der Waals surface area contributed by atoms with Gasteiger partial charge in [0.1, 0.15) is 18.2 Å². The zero-order valence-corrected chi connectivity index (χ0v) is 12.5. The number of carbonyl (C=O) groups is 1. The van der Waals surface area contributed by atoms with Gasteiger partial charge in [0.15, 0.2) is 0 Å². The molecule has 3 rings (SSSR count). The highest BCUT2D eigenvalue weighted by Crippen LogP contribution is 2.24. The molecule has 0 aromatic heterocycles. The highest BCUT2D eigenvalue weighted by atomic mass is 19.1. The van der Waals surface area contributed by atoms with Crippen LogP contribution >= 0.6 is 0 Å². The number of hydrogen-bond acceptors (Lipinski definition) is 4. The van der Waals surface area contributed by atoms with Crippen molar-refractivity contribution < 1.29 is 18.8 Å². The number of ether oxygens (including phenoxy) is 1. The summed E-state index contributed by atoms with van der Waals surface area (Å²) in [4.78, 5) is 16.3. The molecule has 5 heteroatoms. The van der Waals surface area contributed by atoms with Gasteiger partial charge in [-0.25, -0.2) is 9.18 Å². The topological polar surface area (TPSA) is 47.9 Å². The van der Waals surface area contributed by atoms with Gasteiger partial charge < -0.3 is 9.57 Å². The summed E-state index contributed by atoms with van der Waals surface area (Å²) in [6, 6.07) is 13.5. The predicted octanol–water partition coefficient (Wildman–Crippen LogP) is 3.72. The molecule has 1 aliphatic rings. The average Bonchev–Trinajstić information content (AvgIpc) is 2.87. The summed E-state index contributed by atoms with van der Waals surface area (Å²) >= 11 is 0. The van der Waals surface area contributed by atoms with E-state index in [0.717, 1.165) is 11.1 Å². The van der Waals surface area contributed by atoms with Crippen LogP contribution in [0.15, 0.2) is 59.3 Å². The number of oxime groups is 1. The Morgan fingerprint density at radius 3 is 2.61 bits per heavy atom. The minimum Gasteiger partial charge on any atom is -0.488 e. The molecule has 0 fully saturated rings. The van der Waals surface area contributed by atoms with Gasteiger partial charge in [0.25, 0.3) is 0 Å². The normalized spacial score (nSPS) is 15.5. The van der Waals surface area contributed by atoms with E-state index in [1.807, 2.05) is 24.3 Å². The third-order valence-corrected chi connectivity index (χ3v) is 3.40. The van der Waals surface area contributed by atoms with E-state index in [1.54, 1.807) is 25.1 Å². The molecule has 2 aromatic rings. The zero-order valence-electron chi connectivity index (χ0n) is 12.5. The average molecular weight is 311 g/mol. The van der Waals surface area contributed by atoms with Crippen molar-refractivity contribution in [2.45, 2.75) is 13.5 Å². The minimum atomic E-state index is -0.476. The number of para-hydroxylation sites is 1. The van der Waals surface area contributed by atoms with Crippen LogP contribution in [0.3, 0.4) is 0 Å². The van der Waals surface area contributed by atoms with Crippen LogP contribution in [0.4, 0.5) is 4.39 Å². The van der Waals surface area contributed by atoms with Crippen molar-refractivity contribution >= 4 is 17.8 Å². The molecule has 1 heterocycles. The zero-order chi connectivity index (χ0) is 16.2. The highest BCUT2D eigenvalue weighted by molar-refractivity contribution is 6.24. The van der Waals surface area contributed by atoms with Crippen LogP contribution < -0.4 is 4.74 Å². The Balaban J connectivity index is 1.81. The lowest BCUT2D eigenvalue weighted by Gasteiger charge is -2.09. The standard InChI is InChI=1S/C18H14FNO3/c1-12-16(18(21)23-20-12)10-14-4-2-3-5-17(14)22-11-13-6-8-15(19)9-7-13/h2-10H,11H2,1H3/b16-10+. The first-order valence-electron chi connectivity index (χ1n) is 7.08. The quantitative estimate of drug-likeness (QED) is 0.638. The number of hydrogen-bond donors (Lipinski definition) is 0. The molecule has 4 nitrogen and oxygen atoms in total. The van der Waals surface area contributed by atoms with Gasteiger partial charge in [-0.15, -0.1) is 0 Å². The maximum Gasteiger partial charge on any atom is 0.367 e. The molecule has 0 unspecified atom stereocenters. The third kappa shape index (κ3) is 3.45. The molecular formula is C18H14FNO3. The Kier molecular flexibility index (Phi) is 4.19. The van der Waals surface area contributed by atoms with Gasteiger partial charge in [-0.2, -0.15) is 0 Å². The van der Waals surface area contributed by atoms with E-state index in [1.165, 1.54) is 12.1 Å². The first-order chi connectivity index (χ1) is 11.1. The Labute approximate surface area is 132 Å². The number of nitrogens with zero attached hydrogens (tertiary/aromatic N) is 1. The fraction of sp³-hybridized carbons (Fsp3) is 0.111. The van der Waals surface area contributed by atoms with E-state index in [-0.39, 0.29) is 5.82 Å². The van der Waals surface area contributed by atoms with Crippen LogP contribution in [0.5, 0.6) is 5.75 Å². The first-order valence-corrected chi connectivity index (χ1v) is 7.08. The summed E-state index contributed by atoms with van der Waals surface area (Å²) in [6.45, 7) is 2.01. The fourth-order valence-corrected chi connectivity index (χ4v) is 2.15. The van der Waals surface area contributed by atoms with Crippen molar-refractivity contribution in [3.8, 4) is 5.75 Å². The van der Waals surface area contributed by atoms with E-state index < -0.39 is 5.97 Å². The summed E-state index contributed by atoms with van der Waals surface area (Å²) in [6.07, 6.45) is 1.69. The van der Waals surface area contributed by atoms with Gasteiger partial charge in [-0.3, -0.25) is 0 Å². The van der Waals surface area contributed by atoms with Crippen molar-refractivity contribution in [2.75, 3.05) is 0 Å². The highest BCUT2D eigenvalue weighted by Gasteiger charge is 2.22. The Morgan fingerprint density at radius 1 is 1.17 bits per heavy atom. The molecule has 0 N–H and O–H groups in total. The lowest BCUT2D eigenvalue weighted by atomic mass is 10.1. The summed E-state index contributed by atoms with van der Waals surface area (Å²) in [7, 11) is 0. The Hall–Kier alpha value is -2.95. The van der Waals surface area contributed by atoms with Crippen LogP contribution in [0.1, 0.15) is 18.1 Å². The van der Waals surface area contributed by atoms with E-state index in [4.69, 9.17) is 4.74 Å². The van der Waals surface area contributed by atoms with E-state index in [2.05, 4.69) is 9.99 Å². The van der Waals surface area contributed by atoms with Crippen LogP contribution in [-0.4, -0.2) is 11.7 Å². The predicted molar refractivity (Wildman–Crippen MR) is 84.4 cm³/mol. The largest absolute Gasteiger partial charge is 0.488 e. The van der Waals surface area contributed by atoms with Gasteiger partial charge in [-0.05, 0) is 36.8 Å². The SMILES string of the molecule is CC1=NOC(=O)/C1=C/c1ccccc1OCc1ccc(F)cc1. The van der Waals surface area contributed by atoms with E-state index in [9.17, 15) is 9.18 Å². The molecule has 0 atom stereocenters. The van der Waals surface area contributed by atoms with E-state index >= 15 is 0 Å². The molecule has 23 heavy (non-hydrogen) atoms. The lowest BCUT2D eigenvalue weighted by molar-refractivity contribution is -0.136. The second-order valence-electron chi connectivity index (χ2n) is 5.07. The van der Waals surface area contributed by atoms with Crippen LogP contribution in [-0.2, 0) is 16.2 Å². The van der Waals surface area contributed by atoms with Crippen LogP contribution in [0.25, 0.3) is 6.08 Å². The molecule has 116 valence electrons. The van der Waals surface area contributed by atoms with Gasteiger partial charge in [0.2, 0.25) is 0 Å². The summed E-state index contributed by atoms with van der Waals surface area (Å²) in [5.74, 6) is -0.138. The molecule has 0 aliphatic carbocycles. The molecule has 0 saturated carbocycles. The number of rotatable bonds is 4. The van der Waals surface area contributed by atoms with Gasteiger partial charge in [0, 0.05) is 5.56 Å². The minimum absolute atomic E-state index is 0.284. The van der Waals surface area contributed by atoms with Gasteiger partial charge in [-0.1, -0.05) is 35.5 Å². The number of carbonyl (C=O) groups excluding carboxylic acids is 1. The van der Waals surface area contributed by atoms with E-state index in [0.29, 0.717) is 23.6 Å². The molecule has 1 aliphatic heterocycles. The maximum absolute atomic E-state index is 12.9. The number of benzene rings is 2. The first kappa shape index (κ1) is 15.0. The smallest absolute Gasteiger partial charge is 0.367 e. The van der Waals surface area contributed by atoms with Gasteiger partial charge >= 0.3 is 5.97 Å². The fourth-order valence-electron chi connectivity index (χ4n) is 2.15. The summed E-state index contributed by atoms with van der Waals surface area (Å²) in [5.41, 5.74) is 2.54. The molecule has 0 radical (unpaired) electrons. The van der Waals surface area contributed by atoms with Gasteiger partial charge in [0.05, 0.1) is 11.3 Å². The number of halogens is 1. The van der Waals surface area contributed by atoms with Crippen LogP contribution in [0.2, 0.25) is 0 Å². The maximum atomic E-state index is 12.9. The summed E-state index contributed by atoms with van der Waals surface area (Å²) < 4.78 is 18.7. The second-order valence-corrected chi connectivity index (χ2v) is 5.07. The molecule has 0 bridgehead atoms. The Bertz CT molecular complexity index is 794. The van der Waals surface area contributed by atoms with Crippen molar-refractivity contribution in [2.24, 2.45) is 5.16 Å². The monoisotopic (exact) mass is 311 g/mol. The molecule has 0 saturated heterocycles. The molecule has 2 aromatic carbocycles. The Morgan fingerprint density at radius 2 is 1.91 bits per heavy atom. The lowest BCUT2D eigenvalue weighted by Crippen LogP contribution is -2.02. The second kappa shape index (κ2) is 6.44. The molecule has 0 amide bonds. The summed E-state index contributed by atoms with van der Waals surface area (Å²) in [5, 5.41) is 3.65. The third-order valence-electron chi connectivity index (χ3n) is 3.40. The van der Waals surface area contributed by atoms with Crippen molar-refractivity contribution in [3.63, 3.8) is 0 Å².